The van der Waals surface area contributed by atoms with Crippen molar-refractivity contribution in [2.24, 2.45) is 17.8 Å². The average Bonchev–Trinajstić information content (AvgIpc) is 2.71. The normalized spacial score (nSPS) is 27.1. The highest BCUT2D eigenvalue weighted by Gasteiger charge is 2.35. The summed E-state index contributed by atoms with van der Waals surface area (Å²) < 4.78 is 27.2. The van der Waals surface area contributed by atoms with Gasteiger partial charge in [-0.05, 0) is 43.2 Å². The first-order chi connectivity index (χ1) is 13.3. The summed E-state index contributed by atoms with van der Waals surface area (Å²) >= 11 is 0. The Hall–Kier alpha value is -1.91. The summed E-state index contributed by atoms with van der Waals surface area (Å²) in [5.41, 5.74) is 0.155. The van der Waals surface area contributed by atoms with Crippen LogP contribution in [0.2, 0.25) is 0 Å². The third-order valence-electron chi connectivity index (χ3n) is 6.48. The lowest BCUT2D eigenvalue weighted by Gasteiger charge is -2.36. The van der Waals surface area contributed by atoms with Crippen molar-refractivity contribution in [3.8, 4) is 6.07 Å². The highest BCUT2D eigenvalue weighted by Crippen LogP contribution is 2.31. The van der Waals surface area contributed by atoms with Crippen molar-refractivity contribution < 1.29 is 13.2 Å². The zero-order valence-corrected chi connectivity index (χ0v) is 17.4. The van der Waals surface area contributed by atoms with Crippen molar-refractivity contribution in [3.63, 3.8) is 0 Å². The molecule has 7 heteroatoms. The van der Waals surface area contributed by atoms with Gasteiger partial charge in [-0.3, -0.25) is 4.79 Å². The van der Waals surface area contributed by atoms with E-state index in [0.29, 0.717) is 37.8 Å². The number of rotatable bonds is 4. The number of hydrogen-bond donors (Lipinski definition) is 1. The number of piperidine rings is 1. The van der Waals surface area contributed by atoms with Gasteiger partial charge < -0.3 is 5.32 Å². The fraction of sp³-hybridized carbons (Fsp3) is 0.619. The molecule has 1 amide bonds. The second-order valence-corrected chi connectivity index (χ2v) is 10.1. The zero-order chi connectivity index (χ0) is 20.3. The van der Waals surface area contributed by atoms with Gasteiger partial charge in [0.05, 0.1) is 10.5 Å². The Bertz CT molecular complexity index is 854. The molecule has 28 heavy (non-hydrogen) atoms. The number of hydrogen-bond acceptors (Lipinski definition) is 4. The van der Waals surface area contributed by atoms with E-state index < -0.39 is 10.0 Å². The zero-order valence-electron chi connectivity index (χ0n) is 16.6. The van der Waals surface area contributed by atoms with Crippen LogP contribution in [0.1, 0.15) is 51.5 Å². The molecule has 0 bridgehead atoms. The molecule has 0 unspecified atom stereocenters. The van der Waals surface area contributed by atoms with E-state index in [1.807, 2.05) is 6.07 Å². The quantitative estimate of drug-likeness (QED) is 0.837. The maximum absolute atomic E-state index is 12.9. The van der Waals surface area contributed by atoms with Gasteiger partial charge in [-0.1, -0.05) is 38.8 Å². The maximum atomic E-state index is 12.9. The van der Waals surface area contributed by atoms with Gasteiger partial charge >= 0.3 is 0 Å². The van der Waals surface area contributed by atoms with Crippen LogP contribution in [0.4, 0.5) is 0 Å². The number of amides is 1. The molecule has 0 aromatic heterocycles. The molecule has 1 aliphatic carbocycles. The van der Waals surface area contributed by atoms with Crippen molar-refractivity contribution in [3.05, 3.63) is 29.8 Å². The van der Waals surface area contributed by atoms with Crippen molar-refractivity contribution >= 4 is 15.9 Å². The molecule has 1 saturated heterocycles. The van der Waals surface area contributed by atoms with E-state index in [1.54, 1.807) is 12.1 Å². The third-order valence-corrected chi connectivity index (χ3v) is 8.44. The lowest BCUT2D eigenvalue weighted by atomic mass is 9.78. The molecule has 0 spiro atoms. The van der Waals surface area contributed by atoms with Gasteiger partial charge in [-0.2, -0.15) is 9.57 Å². The summed E-state index contributed by atoms with van der Waals surface area (Å²) in [7, 11) is -3.72. The van der Waals surface area contributed by atoms with Crippen LogP contribution in [-0.2, 0) is 14.8 Å². The minimum atomic E-state index is -3.72. The molecule has 1 aromatic carbocycles. The second-order valence-electron chi connectivity index (χ2n) is 8.17. The molecule has 1 saturated carbocycles. The summed E-state index contributed by atoms with van der Waals surface area (Å²) in [4.78, 5) is 12.8. The molecule has 1 aromatic rings. The maximum Gasteiger partial charge on any atom is 0.244 e. The molecule has 3 rings (SSSR count). The van der Waals surface area contributed by atoms with E-state index >= 15 is 0 Å². The minimum Gasteiger partial charge on any atom is -0.353 e. The molecule has 6 nitrogen and oxygen atoms in total. The first kappa shape index (κ1) is 20.8. The van der Waals surface area contributed by atoms with Gasteiger partial charge in [-0.15, -0.1) is 0 Å². The molecular formula is C21H29N3O3S. The van der Waals surface area contributed by atoms with Crippen LogP contribution in [0, 0.1) is 29.1 Å². The van der Waals surface area contributed by atoms with Crippen molar-refractivity contribution in [1.82, 2.24) is 9.62 Å². The van der Waals surface area contributed by atoms with Gasteiger partial charge in [0, 0.05) is 25.0 Å². The number of nitriles is 1. The van der Waals surface area contributed by atoms with E-state index in [0.717, 1.165) is 12.8 Å². The van der Waals surface area contributed by atoms with Crippen molar-refractivity contribution in [1.29, 1.82) is 5.26 Å². The Morgan fingerprint density at radius 2 is 1.82 bits per heavy atom. The second kappa shape index (κ2) is 8.62. The molecule has 0 radical (unpaired) electrons. The van der Waals surface area contributed by atoms with Crippen LogP contribution in [0.25, 0.3) is 0 Å². The fourth-order valence-corrected chi connectivity index (χ4v) is 5.98. The monoisotopic (exact) mass is 403 g/mol. The molecule has 2 fully saturated rings. The summed E-state index contributed by atoms with van der Waals surface area (Å²) in [6, 6.07) is 8.44. The van der Waals surface area contributed by atoms with Crippen LogP contribution in [0.5, 0.6) is 0 Å². The number of benzene rings is 1. The van der Waals surface area contributed by atoms with Crippen LogP contribution in [0.15, 0.2) is 29.2 Å². The highest BCUT2D eigenvalue weighted by molar-refractivity contribution is 7.89. The first-order valence-corrected chi connectivity index (χ1v) is 11.6. The Morgan fingerprint density at radius 3 is 2.50 bits per heavy atom. The van der Waals surface area contributed by atoms with Crippen molar-refractivity contribution in [2.45, 2.75) is 56.9 Å². The first-order valence-electron chi connectivity index (χ1n) is 10.1. The lowest BCUT2D eigenvalue weighted by molar-refractivity contribution is -0.127. The lowest BCUT2D eigenvalue weighted by Crippen LogP contribution is -2.48. The SMILES string of the molecule is C[C@@H]1[C@H](C)CCC[C@H]1NC(=O)C1CCN(S(=O)(=O)c2ccccc2C#N)CC1. The van der Waals surface area contributed by atoms with E-state index in [1.165, 1.54) is 22.9 Å². The van der Waals surface area contributed by atoms with Gasteiger partial charge in [0.1, 0.15) is 6.07 Å². The predicted molar refractivity (Wildman–Crippen MR) is 107 cm³/mol. The number of sulfonamides is 1. The van der Waals surface area contributed by atoms with Gasteiger partial charge in [0.2, 0.25) is 15.9 Å². The van der Waals surface area contributed by atoms with Crippen LogP contribution >= 0.6 is 0 Å². The summed E-state index contributed by atoms with van der Waals surface area (Å²) in [6.07, 6.45) is 4.40. The molecule has 1 aliphatic heterocycles. The van der Waals surface area contributed by atoms with E-state index in [-0.39, 0.29) is 28.3 Å². The van der Waals surface area contributed by atoms with Crippen LogP contribution in [0.3, 0.4) is 0 Å². The van der Waals surface area contributed by atoms with E-state index in [2.05, 4.69) is 19.2 Å². The predicted octanol–water partition coefficient (Wildman–Crippen LogP) is 2.90. The fourth-order valence-electron chi connectivity index (χ4n) is 4.37. The summed E-state index contributed by atoms with van der Waals surface area (Å²) in [6.45, 7) is 5.05. The number of carbonyl (C=O) groups excluding carboxylic acids is 1. The summed E-state index contributed by atoms with van der Waals surface area (Å²) in [5.74, 6) is 0.995. The van der Waals surface area contributed by atoms with E-state index in [4.69, 9.17) is 0 Å². The summed E-state index contributed by atoms with van der Waals surface area (Å²) in [5, 5.41) is 12.4. The van der Waals surface area contributed by atoms with Gasteiger partial charge in [-0.25, -0.2) is 8.42 Å². The van der Waals surface area contributed by atoms with E-state index in [9.17, 15) is 18.5 Å². The molecule has 3 atom stereocenters. The van der Waals surface area contributed by atoms with Crippen LogP contribution < -0.4 is 5.32 Å². The van der Waals surface area contributed by atoms with Gasteiger partial charge in [0.15, 0.2) is 0 Å². The molecular weight excluding hydrogens is 374 g/mol. The molecule has 152 valence electrons. The molecule has 1 heterocycles. The highest BCUT2D eigenvalue weighted by atomic mass is 32.2. The third kappa shape index (κ3) is 4.23. The molecule has 1 N–H and O–H groups in total. The number of nitrogens with zero attached hydrogens (tertiary/aromatic N) is 2. The largest absolute Gasteiger partial charge is 0.353 e. The smallest absolute Gasteiger partial charge is 0.244 e. The van der Waals surface area contributed by atoms with Crippen molar-refractivity contribution in [2.75, 3.05) is 13.1 Å². The Morgan fingerprint density at radius 1 is 1.14 bits per heavy atom. The Kier molecular flexibility index (Phi) is 6.41. The van der Waals surface area contributed by atoms with Crippen LogP contribution in [-0.4, -0.2) is 37.8 Å². The van der Waals surface area contributed by atoms with Gasteiger partial charge in [0.25, 0.3) is 0 Å². The Labute approximate surface area is 168 Å². The molecule has 2 aliphatic rings. The minimum absolute atomic E-state index is 0.0467. The topological polar surface area (TPSA) is 90.3 Å². The standard InChI is InChI=1S/C21H29N3O3S/c1-15-6-5-8-19(16(15)2)23-21(25)17-10-12-24(13-11-17)28(26,27)20-9-4-3-7-18(20)14-22/h3-4,7,9,15-17,19H,5-6,8,10-13H2,1-2H3,(H,23,25)/t15-,16-,19-/m1/s1. The Balaban J connectivity index is 1.61. The number of nitrogens with one attached hydrogen (secondary N) is 1. The number of carbonyl (C=O) groups is 1. The average molecular weight is 404 g/mol.